The number of aliphatic hydroxyl groups excluding tert-OH is 1. The van der Waals surface area contributed by atoms with Gasteiger partial charge in [-0.1, -0.05) is 20.8 Å². The van der Waals surface area contributed by atoms with Crippen LogP contribution in [0.25, 0.3) is 0 Å². The third-order valence-electron chi connectivity index (χ3n) is 8.17. The van der Waals surface area contributed by atoms with E-state index in [1.54, 1.807) is 55.4 Å². The molecule has 266 valence electrons. The van der Waals surface area contributed by atoms with Crippen LogP contribution < -0.4 is 0 Å². The summed E-state index contributed by atoms with van der Waals surface area (Å²) in [5.74, 6) is -2.36. The number of carbonyl (C=O) groups excluding carboxylic acids is 4. The zero-order valence-electron chi connectivity index (χ0n) is 30.5. The summed E-state index contributed by atoms with van der Waals surface area (Å²) in [5.41, 5.74) is -1.82. The Bertz CT molecular complexity index is 1120. The van der Waals surface area contributed by atoms with Gasteiger partial charge in [0, 0.05) is 20.3 Å². The highest BCUT2D eigenvalue weighted by molar-refractivity contribution is 6.74. The molecule has 0 radical (unpaired) electrons. The second-order valence-corrected chi connectivity index (χ2v) is 21.0. The zero-order chi connectivity index (χ0) is 35.8. The zero-order valence-corrected chi connectivity index (χ0v) is 31.5. The molecule has 2 rings (SSSR count). The fourth-order valence-corrected chi connectivity index (χ4v) is 6.28. The third-order valence-corrected chi connectivity index (χ3v) is 12.7. The van der Waals surface area contributed by atoms with E-state index in [0.29, 0.717) is 0 Å². The van der Waals surface area contributed by atoms with E-state index in [0.717, 1.165) is 4.90 Å². The highest BCUT2D eigenvalue weighted by Gasteiger charge is 2.63. The van der Waals surface area contributed by atoms with Crippen molar-refractivity contribution in [1.29, 1.82) is 0 Å². The first kappa shape index (κ1) is 39.9. The lowest BCUT2D eigenvalue weighted by Crippen LogP contribution is -2.57. The summed E-state index contributed by atoms with van der Waals surface area (Å²) in [6.45, 7) is 26.1. The number of nitrogens with zero attached hydrogens (tertiary/aromatic N) is 2. The average molecular weight is 675 g/mol. The number of aliphatic hydroxyl groups is 1. The van der Waals surface area contributed by atoms with Gasteiger partial charge in [0.15, 0.2) is 14.1 Å². The minimum Gasteiger partial charge on any atom is -0.460 e. The molecule has 0 aliphatic carbocycles. The molecular formula is C32H58N2O11Si. The highest BCUT2D eigenvalue weighted by Crippen LogP contribution is 2.44. The summed E-state index contributed by atoms with van der Waals surface area (Å²) in [7, 11) is -2.23. The van der Waals surface area contributed by atoms with Gasteiger partial charge in [0.1, 0.15) is 35.6 Å². The first-order chi connectivity index (χ1) is 20.5. The smallest absolute Gasteiger partial charge is 0.417 e. The van der Waals surface area contributed by atoms with Gasteiger partial charge in [-0.05, 0) is 73.5 Å². The minimum atomic E-state index is -2.23. The number of imide groups is 1. The highest BCUT2D eigenvalue weighted by atomic mass is 28.4. The maximum Gasteiger partial charge on any atom is 0.417 e. The van der Waals surface area contributed by atoms with Gasteiger partial charge in [-0.15, -0.1) is 0 Å². The van der Waals surface area contributed by atoms with E-state index in [2.05, 4.69) is 33.9 Å². The molecule has 2 heterocycles. The Labute approximate surface area is 275 Å². The molecule has 0 aromatic carbocycles. The van der Waals surface area contributed by atoms with Crippen LogP contribution >= 0.6 is 0 Å². The molecule has 0 bridgehead atoms. The summed E-state index contributed by atoms with van der Waals surface area (Å²) in [5, 5.41) is 11.1. The topological polar surface area (TPSA) is 150 Å². The van der Waals surface area contributed by atoms with Crippen LogP contribution in [0.1, 0.15) is 96.4 Å². The van der Waals surface area contributed by atoms with E-state index in [1.807, 2.05) is 0 Å². The van der Waals surface area contributed by atoms with Crippen molar-refractivity contribution in [3.63, 3.8) is 0 Å². The van der Waals surface area contributed by atoms with Crippen molar-refractivity contribution in [3.05, 3.63) is 0 Å². The number of fused-ring (bicyclic) bond motifs is 1. The molecule has 2 aliphatic heterocycles. The number of esters is 1. The molecule has 2 aliphatic rings. The fourth-order valence-electron chi connectivity index (χ4n) is 5.23. The monoisotopic (exact) mass is 674 g/mol. The minimum absolute atomic E-state index is 0.00938. The number of ether oxygens (including phenoxy) is 5. The molecule has 0 aromatic rings. The van der Waals surface area contributed by atoms with Crippen LogP contribution in [0.5, 0.6) is 0 Å². The van der Waals surface area contributed by atoms with E-state index in [4.69, 9.17) is 28.1 Å². The second kappa shape index (κ2) is 14.1. The predicted octanol–water partition coefficient (Wildman–Crippen LogP) is 4.98. The van der Waals surface area contributed by atoms with E-state index in [1.165, 1.54) is 18.7 Å². The number of rotatable bonds is 9. The lowest BCUT2D eigenvalue weighted by atomic mass is 9.98. The first-order valence-corrected chi connectivity index (χ1v) is 18.8. The van der Waals surface area contributed by atoms with Crippen LogP contribution in [-0.2, 0) is 37.7 Å². The van der Waals surface area contributed by atoms with Gasteiger partial charge >= 0.3 is 18.2 Å². The van der Waals surface area contributed by atoms with Crippen LogP contribution in [0.2, 0.25) is 18.1 Å². The number of carbonyl (C=O) groups is 4. The molecule has 0 spiro atoms. The lowest BCUT2D eigenvalue weighted by molar-refractivity contribution is -0.179. The Morgan fingerprint density at radius 1 is 0.913 bits per heavy atom. The van der Waals surface area contributed by atoms with Crippen molar-refractivity contribution in [2.45, 2.75) is 168 Å². The lowest BCUT2D eigenvalue weighted by Gasteiger charge is -2.40. The van der Waals surface area contributed by atoms with Crippen molar-refractivity contribution >= 4 is 32.4 Å². The van der Waals surface area contributed by atoms with Crippen molar-refractivity contribution in [3.8, 4) is 0 Å². The molecule has 0 unspecified atom stereocenters. The van der Waals surface area contributed by atoms with Crippen LogP contribution in [0.4, 0.5) is 9.59 Å². The summed E-state index contributed by atoms with van der Waals surface area (Å²) < 4.78 is 36.0. The maximum atomic E-state index is 14.0. The molecule has 2 fully saturated rings. The van der Waals surface area contributed by atoms with Crippen molar-refractivity contribution in [2.24, 2.45) is 0 Å². The number of amides is 3. The average Bonchev–Trinajstić information content (AvgIpc) is 3.27. The predicted molar refractivity (Wildman–Crippen MR) is 172 cm³/mol. The van der Waals surface area contributed by atoms with E-state index in [-0.39, 0.29) is 24.6 Å². The van der Waals surface area contributed by atoms with Crippen LogP contribution in [0.15, 0.2) is 0 Å². The van der Waals surface area contributed by atoms with Crippen LogP contribution in [-0.4, -0.2) is 114 Å². The van der Waals surface area contributed by atoms with Gasteiger partial charge in [0.05, 0.1) is 25.3 Å². The molecule has 6 atom stereocenters. The Balaban J connectivity index is 2.62. The van der Waals surface area contributed by atoms with Gasteiger partial charge in [0.25, 0.3) is 0 Å². The summed E-state index contributed by atoms with van der Waals surface area (Å²) in [6, 6.07) is -2.01. The SMILES string of the molecule is CC(=O)O[C@@H](C[C@H](O)CO[Si](C)(C)C(C)(C)C)[C@@H]1[C@@H]2OC(C)(C)O[C@@H]2[C@@H](CN(C(C)=O)C(=O)OC(C)(C)C)N1C(=O)OC(C)(C)C. The molecule has 14 heteroatoms. The standard InChI is InChI=1S/C32H58N2O11Si/c1-19(35)33(27(38)44-29(3,4)5)17-22-25-26(43-32(12,13)42-25)24(34(22)28(39)45-30(6,7)8)23(41-20(2)36)16-21(37)18-40-46(14,15)31(9,10)11/h21-26,37H,16-18H2,1-15H3/t21-,22+,23-,24+,25+,26-/m0/s1. The van der Waals surface area contributed by atoms with E-state index >= 15 is 0 Å². The molecule has 0 aromatic heterocycles. The quantitative estimate of drug-likeness (QED) is 0.200. The van der Waals surface area contributed by atoms with Gasteiger partial charge in [-0.25, -0.2) is 14.5 Å². The molecule has 0 saturated carbocycles. The van der Waals surface area contributed by atoms with Gasteiger partial charge in [-0.2, -0.15) is 0 Å². The molecule has 13 nitrogen and oxygen atoms in total. The summed E-state index contributed by atoms with van der Waals surface area (Å²) in [4.78, 5) is 54.8. The Morgan fingerprint density at radius 2 is 1.43 bits per heavy atom. The fraction of sp³-hybridized carbons (Fsp3) is 0.875. The van der Waals surface area contributed by atoms with E-state index < -0.39 is 85.9 Å². The molecular weight excluding hydrogens is 616 g/mol. The Morgan fingerprint density at radius 3 is 1.89 bits per heavy atom. The van der Waals surface area contributed by atoms with Crippen LogP contribution in [0.3, 0.4) is 0 Å². The normalized spacial score (nSPS) is 24.6. The van der Waals surface area contributed by atoms with Gasteiger partial charge in [0.2, 0.25) is 5.91 Å². The first-order valence-electron chi connectivity index (χ1n) is 15.9. The third kappa shape index (κ3) is 10.6. The number of likely N-dealkylation sites (tertiary alicyclic amines) is 1. The molecule has 3 amide bonds. The summed E-state index contributed by atoms with van der Waals surface area (Å²) in [6.07, 6.45) is -5.68. The molecule has 2 saturated heterocycles. The van der Waals surface area contributed by atoms with Gasteiger partial charge in [-0.3, -0.25) is 14.5 Å². The molecule has 46 heavy (non-hydrogen) atoms. The Hall–Kier alpha value is -2.26. The van der Waals surface area contributed by atoms with Crippen LogP contribution in [0, 0.1) is 0 Å². The van der Waals surface area contributed by atoms with Crippen molar-refractivity contribution in [1.82, 2.24) is 9.80 Å². The maximum absolute atomic E-state index is 14.0. The van der Waals surface area contributed by atoms with Gasteiger partial charge < -0.3 is 33.2 Å². The Kier molecular flexibility index (Phi) is 12.2. The second-order valence-electron chi connectivity index (χ2n) is 16.2. The molecule has 1 N–H and O–H groups in total. The number of hydrogen-bond acceptors (Lipinski definition) is 11. The largest absolute Gasteiger partial charge is 0.460 e. The number of hydrogen-bond donors (Lipinski definition) is 1. The van der Waals surface area contributed by atoms with Crippen molar-refractivity contribution in [2.75, 3.05) is 13.2 Å². The summed E-state index contributed by atoms with van der Waals surface area (Å²) >= 11 is 0. The van der Waals surface area contributed by atoms with E-state index in [9.17, 15) is 24.3 Å². The van der Waals surface area contributed by atoms with Crippen molar-refractivity contribution < 1.29 is 52.4 Å².